The van der Waals surface area contributed by atoms with Crippen LogP contribution in [0.2, 0.25) is 0 Å². The van der Waals surface area contributed by atoms with E-state index in [4.69, 9.17) is 19.2 Å². The van der Waals surface area contributed by atoms with E-state index in [1.54, 1.807) is 5.57 Å². The minimum atomic E-state index is -0.602. The fourth-order valence-corrected chi connectivity index (χ4v) is 13.1. The molecule has 8 aliphatic rings. The standard InChI is InChI=1S/C41H64O5/c1-26(2)10-9-11-27(3)32-14-15-33-31-13-12-28-24-29(16-21-39(28,7)34(31)18-22-40(32,33)8)43-36(42)44-35-19-20-38(6)25-30-17-23-41(38,46-45-30)37(35,4)5/h12,17,23,26-27,29-35H,9-11,13-16,18-22,24-25H2,1-8H3/t27-,29?,30?,31+,32-,33+,34+,35?,38?,39+,40-,41?/m1/s1. The van der Waals surface area contributed by atoms with Gasteiger partial charge in [0.05, 0.1) is 0 Å². The minimum absolute atomic E-state index is 0.0211. The Morgan fingerprint density at radius 3 is 2.48 bits per heavy atom. The van der Waals surface area contributed by atoms with Crippen molar-refractivity contribution >= 4 is 6.16 Å². The van der Waals surface area contributed by atoms with Crippen molar-refractivity contribution in [3.05, 3.63) is 23.8 Å². The van der Waals surface area contributed by atoms with Crippen molar-refractivity contribution < 1.29 is 24.0 Å². The first-order valence-electron chi connectivity index (χ1n) is 19.3. The van der Waals surface area contributed by atoms with Crippen LogP contribution in [0.5, 0.6) is 0 Å². The number of carbonyl (C=O) groups excluding carboxylic acids is 1. The van der Waals surface area contributed by atoms with Crippen LogP contribution in [0.4, 0.5) is 4.79 Å². The van der Waals surface area contributed by atoms with Crippen LogP contribution in [-0.2, 0) is 19.2 Å². The van der Waals surface area contributed by atoms with Crippen LogP contribution in [0, 0.1) is 57.2 Å². The number of carbonyl (C=O) groups is 1. The molecule has 1 saturated heterocycles. The molecule has 8 rings (SSSR count). The maximum atomic E-state index is 13.4. The van der Waals surface area contributed by atoms with Crippen molar-refractivity contribution in [1.82, 2.24) is 0 Å². The molecule has 1 spiro atoms. The molecule has 6 aliphatic carbocycles. The first-order chi connectivity index (χ1) is 21.7. The third-order valence-electron chi connectivity index (χ3n) is 15.9. The molecular weight excluding hydrogens is 572 g/mol. The normalized spacial score (nSPS) is 47.7. The summed E-state index contributed by atoms with van der Waals surface area (Å²) in [6, 6.07) is 0. The molecule has 258 valence electrons. The average Bonchev–Trinajstić information content (AvgIpc) is 3.36. The first kappa shape index (κ1) is 33.2. The zero-order chi connectivity index (χ0) is 32.7. The van der Waals surface area contributed by atoms with E-state index in [9.17, 15) is 4.79 Å². The Morgan fingerprint density at radius 2 is 1.74 bits per heavy atom. The SMILES string of the molecule is CC(C)CCC[C@@H](C)[C@H]1CC[C@H]2[C@@H]3CC=C4CC(OC(=O)OC5CCC6(C)CC7C=CC6(OO7)C5(C)C)CC[C@]4(C)[C@H]3CC[C@]12C. The average molecular weight is 637 g/mol. The van der Waals surface area contributed by atoms with Crippen LogP contribution in [0.25, 0.3) is 0 Å². The second kappa shape index (κ2) is 11.6. The summed E-state index contributed by atoms with van der Waals surface area (Å²) in [7, 11) is 0. The quantitative estimate of drug-likeness (QED) is 0.158. The molecule has 0 radical (unpaired) electrons. The van der Waals surface area contributed by atoms with Gasteiger partial charge in [-0.25, -0.2) is 14.6 Å². The summed E-state index contributed by atoms with van der Waals surface area (Å²) in [4.78, 5) is 25.2. The van der Waals surface area contributed by atoms with E-state index in [0.717, 1.165) is 74.0 Å². The lowest BCUT2D eigenvalue weighted by Crippen LogP contribution is -2.69. The van der Waals surface area contributed by atoms with E-state index in [1.807, 2.05) is 0 Å². The lowest BCUT2D eigenvalue weighted by atomic mass is 9.47. The molecular formula is C41H64O5. The van der Waals surface area contributed by atoms with Crippen molar-refractivity contribution in [3.63, 3.8) is 0 Å². The molecule has 2 aliphatic heterocycles. The molecule has 2 bridgehead atoms. The molecule has 5 heteroatoms. The third-order valence-corrected chi connectivity index (χ3v) is 15.9. The van der Waals surface area contributed by atoms with Gasteiger partial charge in [0, 0.05) is 17.3 Å². The lowest BCUT2D eigenvalue weighted by molar-refractivity contribution is -0.459. The molecule has 0 amide bonds. The molecule has 12 atom stereocenters. The first-order valence-corrected chi connectivity index (χ1v) is 19.3. The van der Waals surface area contributed by atoms with Crippen LogP contribution in [0.1, 0.15) is 145 Å². The van der Waals surface area contributed by atoms with Gasteiger partial charge < -0.3 is 9.47 Å². The van der Waals surface area contributed by atoms with Gasteiger partial charge in [0.1, 0.15) is 23.9 Å². The predicted octanol–water partition coefficient (Wildman–Crippen LogP) is 10.8. The summed E-state index contributed by atoms with van der Waals surface area (Å²) in [6.07, 6.45) is 22.7. The Hall–Kier alpha value is -1.33. The van der Waals surface area contributed by atoms with Gasteiger partial charge in [-0.05, 0) is 117 Å². The van der Waals surface area contributed by atoms with E-state index < -0.39 is 17.2 Å². The molecule has 46 heavy (non-hydrogen) atoms. The predicted molar refractivity (Wildman–Crippen MR) is 182 cm³/mol. The van der Waals surface area contributed by atoms with Gasteiger partial charge in [-0.3, -0.25) is 0 Å². The number of allylic oxidation sites excluding steroid dienone is 1. The summed E-state index contributed by atoms with van der Waals surface area (Å²) >= 11 is 0. The van der Waals surface area contributed by atoms with Gasteiger partial charge in [-0.15, -0.1) is 0 Å². The van der Waals surface area contributed by atoms with Crippen LogP contribution in [0.15, 0.2) is 23.8 Å². The number of rotatable bonds is 7. The van der Waals surface area contributed by atoms with Crippen molar-refractivity contribution in [2.75, 3.05) is 0 Å². The minimum Gasteiger partial charge on any atom is -0.431 e. The summed E-state index contributed by atoms with van der Waals surface area (Å²) in [5.74, 6) is 5.01. The Balaban J connectivity index is 0.979. The van der Waals surface area contributed by atoms with Gasteiger partial charge in [-0.2, -0.15) is 0 Å². The van der Waals surface area contributed by atoms with Gasteiger partial charge in [0.25, 0.3) is 0 Å². The van der Waals surface area contributed by atoms with Crippen molar-refractivity contribution in [2.24, 2.45) is 57.2 Å². The highest BCUT2D eigenvalue weighted by atomic mass is 17.2. The van der Waals surface area contributed by atoms with Crippen LogP contribution in [-0.4, -0.2) is 30.1 Å². The highest BCUT2D eigenvalue weighted by Gasteiger charge is 2.68. The Bertz CT molecular complexity index is 1240. The molecule has 5 fully saturated rings. The van der Waals surface area contributed by atoms with Crippen LogP contribution < -0.4 is 0 Å². The summed E-state index contributed by atoms with van der Waals surface area (Å²) in [5.41, 5.74) is 1.24. The summed E-state index contributed by atoms with van der Waals surface area (Å²) < 4.78 is 12.3. The van der Waals surface area contributed by atoms with E-state index in [1.165, 1.54) is 51.4 Å². The van der Waals surface area contributed by atoms with Gasteiger partial charge in [-0.1, -0.05) is 92.4 Å². The number of hydrogen-bond acceptors (Lipinski definition) is 5. The van der Waals surface area contributed by atoms with E-state index in [0.29, 0.717) is 5.41 Å². The number of ether oxygens (including phenoxy) is 2. The second-order valence-corrected chi connectivity index (χ2v) is 19.0. The fourth-order valence-electron chi connectivity index (χ4n) is 13.1. The van der Waals surface area contributed by atoms with Gasteiger partial charge in [0.15, 0.2) is 0 Å². The highest BCUT2D eigenvalue weighted by molar-refractivity contribution is 5.61. The van der Waals surface area contributed by atoms with Crippen LogP contribution >= 0.6 is 0 Å². The molecule has 2 heterocycles. The summed E-state index contributed by atoms with van der Waals surface area (Å²) in [5, 5.41) is 0. The maximum Gasteiger partial charge on any atom is 0.508 e. The second-order valence-electron chi connectivity index (χ2n) is 19.0. The Labute approximate surface area is 279 Å². The smallest absolute Gasteiger partial charge is 0.431 e. The molecule has 0 aromatic heterocycles. The van der Waals surface area contributed by atoms with Crippen molar-refractivity contribution in [3.8, 4) is 0 Å². The van der Waals surface area contributed by atoms with Crippen LogP contribution in [0.3, 0.4) is 0 Å². The zero-order valence-electron chi connectivity index (χ0n) is 30.4. The van der Waals surface area contributed by atoms with E-state index in [-0.39, 0.29) is 29.1 Å². The largest absolute Gasteiger partial charge is 0.508 e. The number of hydrogen-bond donors (Lipinski definition) is 0. The van der Waals surface area contributed by atoms with Gasteiger partial charge >= 0.3 is 6.16 Å². The number of fused-ring (bicyclic) bond motifs is 6. The lowest BCUT2D eigenvalue weighted by Gasteiger charge is -2.64. The maximum absolute atomic E-state index is 13.4. The Kier molecular flexibility index (Phi) is 8.39. The van der Waals surface area contributed by atoms with Crippen molar-refractivity contribution in [1.29, 1.82) is 0 Å². The fraction of sp³-hybridized carbons (Fsp3) is 0.878. The molecule has 4 saturated carbocycles. The molecule has 0 aromatic carbocycles. The van der Waals surface area contributed by atoms with E-state index >= 15 is 0 Å². The molecule has 0 aromatic rings. The monoisotopic (exact) mass is 636 g/mol. The highest BCUT2D eigenvalue weighted by Crippen LogP contribution is 2.68. The topological polar surface area (TPSA) is 54.0 Å². The molecule has 5 nitrogen and oxygen atoms in total. The van der Waals surface area contributed by atoms with E-state index in [2.05, 4.69) is 73.6 Å². The molecule has 5 unspecified atom stereocenters. The zero-order valence-corrected chi connectivity index (χ0v) is 30.4. The summed E-state index contributed by atoms with van der Waals surface area (Å²) in [6.45, 7) is 19.2. The molecule has 0 N–H and O–H groups in total. The van der Waals surface area contributed by atoms with Gasteiger partial charge in [0.2, 0.25) is 0 Å². The van der Waals surface area contributed by atoms with Crippen molar-refractivity contribution in [2.45, 2.75) is 169 Å². The third kappa shape index (κ3) is 5.00. The Morgan fingerprint density at radius 1 is 0.935 bits per heavy atom.